The summed E-state index contributed by atoms with van der Waals surface area (Å²) >= 11 is 12.6. The average molecular weight is 354 g/mol. The molecule has 0 aromatic heterocycles. The molecule has 23 heavy (non-hydrogen) atoms. The zero-order chi connectivity index (χ0) is 16.5. The summed E-state index contributed by atoms with van der Waals surface area (Å²) in [6.45, 7) is 0. The van der Waals surface area contributed by atoms with Crippen LogP contribution >= 0.6 is 23.2 Å². The van der Waals surface area contributed by atoms with Gasteiger partial charge in [-0.05, 0) is 42.5 Å². The third-order valence-corrected chi connectivity index (χ3v) is 6.68. The predicted octanol–water partition coefficient (Wildman–Crippen LogP) is 2.35. The number of hydrogen-bond donors (Lipinski definition) is 1. The van der Waals surface area contributed by atoms with Gasteiger partial charge in [-0.2, -0.15) is 0 Å². The van der Waals surface area contributed by atoms with E-state index in [2.05, 4.69) is 0 Å². The number of carbonyl (C=O) groups is 3. The number of carboxylic acids is 1. The summed E-state index contributed by atoms with van der Waals surface area (Å²) < 4.78 is 0. The molecule has 2 amide bonds. The van der Waals surface area contributed by atoms with Crippen LogP contribution in [0.4, 0.5) is 5.69 Å². The minimum atomic E-state index is -1.06. The molecule has 2 bridgehead atoms. The van der Waals surface area contributed by atoms with Gasteiger partial charge in [-0.3, -0.25) is 14.5 Å². The summed E-state index contributed by atoms with van der Waals surface area (Å²) in [5, 5.41) is 8.37. The van der Waals surface area contributed by atoms with Crippen LogP contribution < -0.4 is 4.90 Å². The fourth-order valence-corrected chi connectivity index (χ4v) is 5.25. The fraction of sp³-hybridized carbons (Fsp3) is 0.438. The van der Waals surface area contributed by atoms with E-state index in [-0.39, 0.29) is 40.0 Å². The Balaban J connectivity index is 1.68. The van der Waals surface area contributed by atoms with Gasteiger partial charge in [0.25, 0.3) is 0 Å². The van der Waals surface area contributed by atoms with E-state index in [0.29, 0.717) is 5.69 Å². The van der Waals surface area contributed by atoms with Gasteiger partial charge < -0.3 is 5.11 Å². The van der Waals surface area contributed by atoms with Crippen LogP contribution in [-0.4, -0.2) is 33.6 Å². The molecule has 5 nitrogen and oxygen atoms in total. The highest BCUT2D eigenvalue weighted by molar-refractivity contribution is 6.32. The van der Waals surface area contributed by atoms with Gasteiger partial charge in [0.05, 0.1) is 33.8 Å². The van der Waals surface area contributed by atoms with E-state index in [1.165, 1.54) is 29.2 Å². The minimum absolute atomic E-state index is 0.0612. The number of benzene rings is 1. The molecule has 0 spiro atoms. The van der Waals surface area contributed by atoms with E-state index < -0.39 is 17.8 Å². The van der Waals surface area contributed by atoms with Gasteiger partial charge in [-0.25, -0.2) is 4.79 Å². The van der Waals surface area contributed by atoms with Crippen molar-refractivity contribution in [3.63, 3.8) is 0 Å². The van der Waals surface area contributed by atoms with E-state index in [4.69, 9.17) is 28.3 Å². The molecule has 1 aromatic rings. The third-order valence-electron chi connectivity index (χ3n) is 5.36. The van der Waals surface area contributed by atoms with Crippen molar-refractivity contribution in [1.29, 1.82) is 0 Å². The number of alkyl halides is 2. The second kappa shape index (κ2) is 4.95. The molecule has 1 heterocycles. The summed E-state index contributed by atoms with van der Waals surface area (Å²) in [5.41, 5.74) is 0.505. The Morgan fingerprint density at radius 3 is 1.91 bits per heavy atom. The first-order valence-corrected chi connectivity index (χ1v) is 8.28. The molecule has 0 radical (unpaired) electrons. The number of halogens is 2. The first-order chi connectivity index (χ1) is 10.9. The average Bonchev–Trinajstić information content (AvgIpc) is 3.12. The number of imide groups is 1. The first-order valence-electron chi connectivity index (χ1n) is 7.41. The normalized spacial score (nSPS) is 38.3. The molecule has 7 heteroatoms. The van der Waals surface area contributed by atoms with Crippen LogP contribution in [0.2, 0.25) is 0 Å². The molecule has 1 saturated heterocycles. The van der Waals surface area contributed by atoms with Gasteiger partial charge >= 0.3 is 5.97 Å². The predicted molar refractivity (Wildman–Crippen MR) is 83.8 cm³/mol. The van der Waals surface area contributed by atoms with Crippen LogP contribution in [0.1, 0.15) is 16.8 Å². The van der Waals surface area contributed by atoms with Crippen molar-refractivity contribution in [1.82, 2.24) is 0 Å². The molecule has 1 aliphatic heterocycles. The molecule has 1 N–H and O–H groups in total. The quantitative estimate of drug-likeness (QED) is 0.654. The number of nitrogens with zero attached hydrogens (tertiary/aromatic N) is 1. The lowest BCUT2D eigenvalue weighted by Crippen LogP contribution is -2.37. The Labute approximate surface area is 142 Å². The Kier molecular flexibility index (Phi) is 3.22. The summed E-state index contributed by atoms with van der Waals surface area (Å²) in [5.74, 6) is -2.47. The topological polar surface area (TPSA) is 74.7 Å². The third kappa shape index (κ3) is 1.90. The highest BCUT2D eigenvalue weighted by Gasteiger charge is 2.66. The molecule has 2 aliphatic carbocycles. The van der Waals surface area contributed by atoms with E-state index in [1.54, 1.807) is 0 Å². The number of fused-ring (bicyclic) bond motifs is 5. The summed E-state index contributed by atoms with van der Waals surface area (Å²) in [7, 11) is 0. The maximum absolute atomic E-state index is 12.7. The van der Waals surface area contributed by atoms with Crippen LogP contribution in [0.3, 0.4) is 0 Å². The zero-order valence-electron chi connectivity index (χ0n) is 11.9. The smallest absolute Gasteiger partial charge is 0.335 e. The van der Waals surface area contributed by atoms with Crippen molar-refractivity contribution in [3.8, 4) is 0 Å². The van der Waals surface area contributed by atoms with Gasteiger partial charge in [0.1, 0.15) is 0 Å². The number of anilines is 1. The zero-order valence-corrected chi connectivity index (χ0v) is 13.4. The molecular weight excluding hydrogens is 341 g/mol. The molecule has 3 aliphatic rings. The summed E-state index contributed by atoms with van der Waals surface area (Å²) in [6.07, 6.45) is 0.723. The number of aromatic carboxylic acids is 1. The Bertz CT molecular complexity index is 687. The maximum atomic E-state index is 12.7. The highest BCUT2D eigenvalue weighted by Crippen LogP contribution is 2.59. The van der Waals surface area contributed by atoms with Gasteiger partial charge in [0, 0.05) is 0 Å². The monoisotopic (exact) mass is 353 g/mol. The lowest BCUT2D eigenvalue weighted by atomic mass is 9.80. The van der Waals surface area contributed by atoms with Gasteiger partial charge in [0.15, 0.2) is 0 Å². The van der Waals surface area contributed by atoms with E-state index in [0.717, 1.165) is 6.42 Å². The van der Waals surface area contributed by atoms with E-state index >= 15 is 0 Å². The van der Waals surface area contributed by atoms with E-state index in [1.807, 2.05) is 0 Å². The first kappa shape index (κ1) is 15.0. The molecule has 3 fully saturated rings. The van der Waals surface area contributed by atoms with Crippen molar-refractivity contribution >= 4 is 46.7 Å². The van der Waals surface area contributed by atoms with Crippen LogP contribution in [-0.2, 0) is 9.59 Å². The molecular formula is C16H13Cl2NO4. The van der Waals surface area contributed by atoms with E-state index in [9.17, 15) is 14.4 Å². The molecule has 0 unspecified atom stereocenters. The Morgan fingerprint density at radius 2 is 1.48 bits per heavy atom. The largest absolute Gasteiger partial charge is 0.478 e. The number of carboxylic acid groups (broad SMARTS) is 1. The van der Waals surface area contributed by atoms with Gasteiger partial charge in [-0.1, -0.05) is 0 Å². The number of hydrogen-bond acceptors (Lipinski definition) is 3. The van der Waals surface area contributed by atoms with Gasteiger partial charge in [0.2, 0.25) is 11.8 Å². The Morgan fingerprint density at radius 1 is 1.00 bits per heavy atom. The number of amides is 2. The second-order valence-corrected chi connectivity index (χ2v) is 7.38. The summed E-state index contributed by atoms with van der Waals surface area (Å²) in [6, 6.07) is 5.74. The van der Waals surface area contributed by atoms with Crippen molar-refractivity contribution in [2.75, 3.05) is 4.90 Å². The second-order valence-electron chi connectivity index (χ2n) is 6.37. The fourth-order valence-electron chi connectivity index (χ4n) is 4.36. The minimum Gasteiger partial charge on any atom is -0.478 e. The molecule has 2 saturated carbocycles. The van der Waals surface area contributed by atoms with Crippen LogP contribution in [0.25, 0.3) is 0 Å². The van der Waals surface area contributed by atoms with Crippen LogP contribution in [0.15, 0.2) is 24.3 Å². The van der Waals surface area contributed by atoms with Crippen molar-refractivity contribution in [2.45, 2.75) is 17.2 Å². The standard InChI is InChI=1S/C16H13Cl2NO4/c17-12-8-5-9(13(12)18)11-10(8)14(20)19(15(11)21)7-3-1-6(2-4-7)16(22)23/h1-4,8-13H,5H2,(H,22,23)/t8-,9+,10-,11-,12-,13+/m0/s1. The highest BCUT2D eigenvalue weighted by atomic mass is 35.5. The lowest BCUT2D eigenvalue weighted by Gasteiger charge is -2.28. The van der Waals surface area contributed by atoms with Crippen molar-refractivity contribution in [3.05, 3.63) is 29.8 Å². The van der Waals surface area contributed by atoms with Crippen LogP contribution in [0, 0.1) is 23.7 Å². The van der Waals surface area contributed by atoms with Crippen LogP contribution in [0.5, 0.6) is 0 Å². The van der Waals surface area contributed by atoms with Crippen molar-refractivity contribution < 1.29 is 19.5 Å². The molecule has 4 rings (SSSR count). The number of carbonyl (C=O) groups excluding carboxylic acids is 2. The SMILES string of the molecule is O=C(O)c1ccc(N2C(=O)[C@H]3[C@@H]4C[C@@H]([C@@H](Cl)[C@H]4Cl)[C@@H]3C2=O)cc1. The molecule has 6 atom stereocenters. The molecule has 120 valence electrons. The number of rotatable bonds is 2. The van der Waals surface area contributed by atoms with Crippen molar-refractivity contribution in [2.24, 2.45) is 23.7 Å². The molecule has 1 aromatic carbocycles. The van der Waals surface area contributed by atoms with Gasteiger partial charge in [-0.15, -0.1) is 23.2 Å². The Hall–Kier alpha value is -1.59. The summed E-state index contributed by atoms with van der Waals surface area (Å²) in [4.78, 5) is 37.6. The lowest BCUT2D eigenvalue weighted by molar-refractivity contribution is -0.123. The maximum Gasteiger partial charge on any atom is 0.335 e.